The molecule has 0 radical (unpaired) electrons. The van der Waals surface area contributed by atoms with Crippen molar-refractivity contribution in [2.75, 3.05) is 0 Å². The number of amides is 1. The third-order valence-corrected chi connectivity index (χ3v) is 7.62. The number of hydrogen-bond donors (Lipinski definition) is 2. The molecule has 0 aliphatic heterocycles. The number of rotatable bonds is 8. The highest BCUT2D eigenvalue weighted by molar-refractivity contribution is 6.08. The van der Waals surface area contributed by atoms with Gasteiger partial charge in [0, 0.05) is 30.9 Å². The first-order valence-electron chi connectivity index (χ1n) is 12.2. The molecular formula is C27H34FN5O. The molecule has 0 spiro atoms. The van der Waals surface area contributed by atoms with Crippen LogP contribution in [0.4, 0.5) is 10.1 Å². The lowest BCUT2D eigenvalue weighted by atomic mass is 9.65. The van der Waals surface area contributed by atoms with Gasteiger partial charge in [0.15, 0.2) is 0 Å². The van der Waals surface area contributed by atoms with E-state index in [1.54, 1.807) is 29.2 Å². The maximum absolute atomic E-state index is 13.3. The molecule has 1 aromatic carbocycles. The Morgan fingerprint density at radius 2 is 2.18 bits per heavy atom. The van der Waals surface area contributed by atoms with Crippen LogP contribution in [0.15, 0.2) is 53.4 Å². The molecule has 2 aliphatic carbocycles. The Bertz CT molecular complexity index is 1100. The van der Waals surface area contributed by atoms with Crippen LogP contribution in [0.3, 0.4) is 0 Å². The van der Waals surface area contributed by atoms with Crippen LogP contribution in [0, 0.1) is 28.5 Å². The molecule has 4 unspecified atom stereocenters. The number of fused-ring (bicyclic) bond motifs is 1. The maximum Gasteiger partial charge on any atom is 0.269 e. The molecule has 1 amide bonds. The van der Waals surface area contributed by atoms with Crippen molar-refractivity contribution in [3.05, 3.63) is 59.9 Å². The Morgan fingerprint density at radius 1 is 1.41 bits per heavy atom. The number of aromatic nitrogens is 2. The second-order valence-electron chi connectivity index (χ2n) is 9.90. The van der Waals surface area contributed by atoms with Gasteiger partial charge in [-0.05, 0) is 73.8 Å². The van der Waals surface area contributed by atoms with E-state index in [0.717, 1.165) is 44.2 Å². The Balaban J connectivity index is 1.53. The molecule has 2 aliphatic rings. The molecule has 1 fully saturated rings. The van der Waals surface area contributed by atoms with Gasteiger partial charge in [0.1, 0.15) is 11.5 Å². The van der Waals surface area contributed by atoms with Gasteiger partial charge in [-0.1, -0.05) is 25.8 Å². The average Bonchev–Trinajstić information content (AvgIpc) is 3.38. The van der Waals surface area contributed by atoms with Crippen LogP contribution in [-0.4, -0.2) is 33.4 Å². The molecule has 1 saturated carbocycles. The van der Waals surface area contributed by atoms with Gasteiger partial charge >= 0.3 is 0 Å². The van der Waals surface area contributed by atoms with Crippen LogP contribution in [0.2, 0.25) is 0 Å². The van der Waals surface area contributed by atoms with Crippen molar-refractivity contribution in [3.63, 3.8) is 0 Å². The monoisotopic (exact) mass is 463 g/mol. The largest absolute Gasteiger partial charge is 0.348 e. The molecule has 1 aromatic heterocycles. The number of carbonyl (C=O) groups is 1. The highest BCUT2D eigenvalue weighted by Gasteiger charge is 2.47. The molecule has 180 valence electrons. The van der Waals surface area contributed by atoms with Crippen molar-refractivity contribution in [1.82, 2.24) is 14.9 Å². The van der Waals surface area contributed by atoms with Crippen molar-refractivity contribution in [1.29, 1.82) is 5.41 Å². The minimum atomic E-state index is -0.280. The molecule has 2 N–H and O–H groups in total. The van der Waals surface area contributed by atoms with E-state index in [1.807, 2.05) is 7.05 Å². The van der Waals surface area contributed by atoms with Crippen LogP contribution in [0.1, 0.15) is 62.9 Å². The summed E-state index contributed by atoms with van der Waals surface area (Å²) in [6.07, 6.45) is 12.7. The maximum atomic E-state index is 13.3. The summed E-state index contributed by atoms with van der Waals surface area (Å²) in [5.41, 5.74) is 3.52. The smallest absolute Gasteiger partial charge is 0.269 e. The topological polar surface area (TPSA) is 83.1 Å². The third kappa shape index (κ3) is 4.88. The summed E-state index contributed by atoms with van der Waals surface area (Å²) in [4.78, 5) is 21.7. The summed E-state index contributed by atoms with van der Waals surface area (Å²) in [7, 11) is 1.83. The summed E-state index contributed by atoms with van der Waals surface area (Å²) in [5.74, 6) is -0.00463. The first-order chi connectivity index (χ1) is 16.3. The first kappa shape index (κ1) is 24.0. The second kappa shape index (κ2) is 10.0. The van der Waals surface area contributed by atoms with Crippen molar-refractivity contribution in [3.8, 4) is 0 Å². The molecule has 2 aromatic rings. The van der Waals surface area contributed by atoms with Gasteiger partial charge in [0.25, 0.3) is 5.91 Å². The number of hydrogen-bond acceptors (Lipinski definition) is 4. The molecule has 4 atom stereocenters. The Morgan fingerprint density at radius 3 is 2.82 bits per heavy atom. The van der Waals surface area contributed by atoms with E-state index in [0.29, 0.717) is 17.3 Å². The van der Waals surface area contributed by atoms with Gasteiger partial charge in [-0.2, -0.15) is 0 Å². The van der Waals surface area contributed by atoms with Gasteiger partial charge < -0.3 is 15.3 Å². The molecule has 0 bridgehead atoms. The van der Waals surface area contributed by atoms with Crippen LogP contribution in [-0.2, 0) is 7.05 Å². The first-order valence-corrected chi connectivity index (χ1v) is 12.2. The van der Waals surface area contributed by atoms with E-state index >= 15 is 0 Å². The van der Waals surface area contributed by atoms with Crippen LogP contribution >= 0.6 is 0 Å². The molecule has 0 saturated heterocycles. The van der Waals surface area contributed by atoms with Gasteiger partial charge in [-0.15, -0.1) is 0 Å². The second-order valence-corrected chi connectivity index (χ2v) is 9.90. The van der Waals surface area contributed by atoms with E-state index in [1.165, 1.54) is 23.9 Å². The lowest BCUT2D eigenvalue weighted by Crippen LogP contribution is -2.40. The van der Waals surface area contributed by atoms with Crippen LogP contribution < -0.4 is 5.32 Å². The zero-order valence-electron chi connectivity index (χ0n) is 20.2. The summed E-state index contributed by atoms with van der Waals surface area (Å²) in [6, 6.07) is 6.28. The highest BCUT2D eigenvalue weighted by atomic mass is 19.1. The lowest BCUT2D eigenvalue weighted by Gasteiger charge is -2.40. The summed E-state index contributed by atoms with van der Waals surface area (Å²) >= 11 is 0. The number of allylic oxidation sites excluding steroid dienone is 2. The quantitative estimate of drug-likeness (QED) is 0.497. The number of benzene rings is 1. The van der Waals surface area contributed by atoms with E-state index in [9.17, 15) is 9.18 Å². The average molecular weight is 464 g/mol. The number of halogens is 1. The summed E-state index contributed by atoms with van der Waals surface area (Å²) in [6.45, 7) is 4.46. The van der Waals surface area contributed by atoms with Gasteiger partial charge in [-0.3, -0.25) is 9.79 Å². The van der Waals surface area contributed by atoms with Gasteiger partial charge in [-0.25, -0.2) is 9.37 Å². The normalized spacial score (nSPS) is 26.1. The fraction of sp³-hybridized carbons (Fsp3) is 0.481. The molecule has 7 heteroatoms. The van der Waals surface area contributed by atoms with Gasteiger partial charge in [0.2, 0.25) is 0 Å². The summed E-state index contributed by atoms with van der Waals surface area (Å²) < 4.78 is 15.0. The number of aliphatic imine (C=N–C) groups is 1. The Hall–Kier alpha value is -3.09. The number of nitrogens with zero attached hydrogens (tertiary/aromatic N) is 3. The van der Waals surface area contributed by atoms with Crippen molar-refractivity contribution < 1.29 is 9.18 Å². The molecule has 4 rings (SSSR count). The van der Waals surface area contributed by atoms with E-state index in [2.05, 4.69) is 30.2 Å². The van der Waals surface area contributed by atoms with Crippen molar-refractivity contribution in [2.24, 2.45) is 29.3 Å². The predicted molar refractivity (Wildman–Crippen MR) is 133 cm³/mol. The minimum absolute atomic E-state index is 0.0206. The molecular weight excluding hydrogens is 429 g/mol. The molecule has 6 nitrogen and oxygen atoms in total. The zero-order chi connectivity index (χ0) is 24.3. The molecule has 34 heavy (non-hydrogen) atoms. The summed E-state index contributed by atoms with van der Waals surface area (Å²) in [5, 5.41) is 11.3. The number of aryl methyl sites for hydroxylation is 1. The van der Waals surface area contributed by atoms with Crippen LogP contribution in [0.25, 0.3) is 0 Å². The van der Waals surface area contributed by atoms with Gasteiger partial charge in [0.05, 0.1) is 18.2 Å². The molecule has 1 heterocycles. The third-order valence-electron chi connectivity index (χ3n) is 7.62. The zero-order valence-corrected chi connectivity index (χ0v) is 20.2. The number of nitrogens with one attached hydrogen (secondary N) is 2. The van der Waals surface area contributed by atoms with E-state index in [-0.39, 0.29) is 29.1 Å². The lowest BCUT2D eigenvalue weighted by molar-refractivity contribution is 0.0911. The van der Waals surface area contributed by atoms with Crippen molar-refractivity contribution in [2.45, 2.75) is 58.4 Å². The number of imidazole rings is 1. The Labute approximate surface area is 200 Å². The SMILES string of the molecule is CCCC(CC1CCC2=CC(=Nc3ccc(F)cc3)C(C=N)CC21C)NC(=O)c1cncn1C. The minimum Gasteiger partial charge on any atom is -0.348 e. The predicted octanol–water partition coefficient (Wildman–Crippen LogP) is 5.63. The fourth-order valence-electron chi connectivity index (χ4n) is 5.66. The van der Waals surface area contributed by atoms with Crippen LogP contribution in [0.5, 0.6) is 0 Å². The van der Waals surface area contributed by atoms with Crippen molar-refractivity contribution >= 4 is 23.5 Å². The Kier molecular flexibility index (Phi) is 7.10. The standard InChI is InChI=1S/C27H34FN5O/c1-4-5-23(32-26(34)25-16-30-17-33(25)3)12-19-6-7-20-13-24(18(15-29)14-27(19,20)2)31-22-10-8-21(28)9-11-22/h8-11,13,15-19,23,29H,4-7,12,14H2,1-3H3,(H,32,34). The number of carbonyl (C=O) groups excluding carboxylic acids is 1. The fourth-order valence-corrected chi connectivity index (χ4v) is 5.66. The van der Waals surface area contributed by atoms with E-state index < -0.39 is 0 Å². The van der Waals surface area contributed by atoms with E-state index in [4.69, 9.17) is 10.4 Å². The highest BCUT2D eigenvalue weighted by Crippen LogP contribution is 2.55.